The van der Waals surface area contributed by atoms with Crippen molar-refractivity contribution in [1.29, 1.82) is 0 Å². The number of carbonyl (C=O) groups excluding carboxylic acids is 1. The smallest absolute Gasteiger partial charge is 0.385 e. The van der Waals surface area contributed by atoms with Gasteiger partial charge in [-0.3, -0.25) is 4.79 Å². The van der Waals surface area contributed by atoms with E-state index in [4.69, 9.17) is 0 Å². The average molecular weight is 1140 g/mol. The van der Waals surface area contributed by atoms with Crippen molar-refractivity contribution < 1.29 is 120 Å². The molecule has 0 atom stereocenters. The maximum absolute atomic E-state index is 14.2. The lowest BCUT2D eigenvalue weighted by atomic mass is 9.12. The van der Waals surface area contributed by atoms with E-state index in [1.165, 1.54) is 0 Å². The highest BCUT2D eigenvalue weighted by atomic mass is 19.4. The summed E-state index contributed by atoms with van der Waals surface area (Å²) in [6, 6.07) is 12.1. The molecule has 416 valence electrons. The quantitative estimate of drug-likeness (QED) is 0.0713. The molecule has 6 aromatic carbocycles. The van der Waals surface area contributed by atoms with E-state index in [1.54, 1.807) is 0 Å². The highest BCUT2D eigenvalue weighted by Crippen LogP contribution is 2.41. The molecule has 0 aliphatic carbocycles. The van der Waals surface area contributed by atoms with E-state index in [-0.39, 0.29) is 18.9 Å². The molecule has 0 saturated carbocycles. The van der Waals surface area contributed by atoms with Gasteiger partial charge in [0.05, 0.1) is 44.5 Å². The van der Waals surface area contributed by atoms with Crippen LogP contribution >= 0.6 is 0 Å². The number of benzene rings is 6. The lowest BCUT2D eigenvalue weighted by molar-refractivity contribution is -0.666. The minimum Gasteiger partial charge on any atom is -0.385 e. The number of halogens is 24. The second-order valence-corrected chi connectivity index (χ2v) is 17.1. The number of ketones is 1. The number of aliphatic hydroxyl groups is 1. The molecule has 3 nitrogen and oxygen atoms in total. The number of rotatable bonds is 8. The zero-order valence-corrected chi connectivity index (χ0v) is 38.1. The highest BCUT2D eigenvalue weighted by Gasteiger charge is 2.47. The van der Waals surface area contributed by atoms with Gasteiger partial charge < -0.3 is 5.11 Å². The van der Waals surface area contributed by atoms with Gasteiger partial charge in [-0.25, -0.2) is 0 Å². The first-order valence-electron chi connectivity index (χ1n) is 21.5. The van der Waals surface area contributed by atoms with Crippen LogP contribution in [0.4, 0.5) is 105 Å². The van der Waals surface area contributed by atoms with Crippen LogP contribution in [0.2, 0.25) is 0 Å². The van der Waals surface area contributed by atoms with Gasteiger partial charge in [0, 0.05) is 23.1 Å². The van der Waals surface area contributed by atoms with Gasteiger partial charge in [-0.15, -0.1) is 0 Å². The fraction of sp³-hybridized carbons (Fsp3) is 0.200. The Labute approximate surface area is 421 Å². The molecule has 0 spiro atoms. The Bertz CT molecular complexity index is 2890. The van der Waals surface area contributed by atoms with Crippen LogP contribution in [0.5, 0.6) is 0 Å². The maximum Gasteiger partial charge on any atom is 0.416 e. The lowest BCUT2D eigenvalue weighted by Crippen LogP contribution is -2.75. The normalized spacial score (nSPS) is 13.3. The van der Waals surface area contributed by atoms with E-state index in [9.17, 15) is 115 Å². The molecule has 0 aliphatic heterocycles. The molecule has 0 bridgehead atoms. The van der Waals surface area contributed by atoms with E-state index in [0.29, 0.717) is 5.56 Å². The molecule has 78 heavy (non-hydrogen) atoms. The summed E-state index contributed by atoms with van der Waals surface area (Å²) >= 11 is 0. The lowest BCUT2D eigenvalue weighted by Gasteiger charge is -2.46. The standard InChI is InChI=1S/C32H12BF24.C18H16NO2/c34-25(35,36)13-1-14(26(37,38)39)6-21(5-13)33(22-7-15(27(40,41)42)2-16(8-22)28(43,44)45,23-9-17(29(46,47)48)3-18(10-23)30(49,50)51)24-11-19(31(52,53)54)4-20(12-24)32(55,56)57;20-13-16-11-10-14-6-4-5-9-17(14)19(16)12-18(21)15-7-2-1-3-8-15/h1-12H;1-11,20H,12-13H2/q-1;+1. The van der Waals surface area contributed by atoms with Crippen LogP contribution in [0.15, 0.2) is 140 Å². The fourth-order valence-corrected chi connectivity index (χ4v) is 8.56. The molecule has 7 aromatic rings. The Morgan fingerprint density at radius 3 is 0.897 bits per heavy atom. The van der Waals surface area contributed by atoms with E-state index < -0.39 is 195 Å². The van der Waals surface area contributed by atoms with Crippen molar-refractivity contribution in [3.63, 3.8) is 0 Å². The van der Waals surface area contributed by atoms with Gasteiger partial charge in [0.2, 0.25) is 23.5 Å². The summed E-state index contributed by atoms with van der Waals surface area (Å²) < 4.78 is 343. The van der Waals surface area contributed by atoms with Gasteiger partial charge in [0.1, 0.15) is 12.8 Å². The zero-order valence-electron chi connectivity index (χ0n) is 38.1. The van der Waals surface area contributed by atoms with Crippen molar-refractivity contribution in [3.8, 4) is 0 Å². The van der Waals surface area contributed by atoms with Gasteiger partial charge in [-0.05, 0) is 36.4 Å². The number of para-hydroxylation sites is 1. The number of aromatic nitrogens is 1. The molecule has 0 fully saturated rings. The number of fused-ring (bicyclic) bond motifs is 1. The molecule has 0 amide bonds. The summed E-state index contributed by atoms with van der Waals surface area (Å²) in [6.45, 7) is 0.133. The van der Waals surface area contributed by atoms with Gasteiger partial charge in [0.25, 0.3) is 0 Å². The van der Waals surface area contributed by atoms with Gasteiger partial charge in [0.15, 0.2) is 0 Å². The SMILES string of the molecule is FC(F)(F)c1cc([B-](c2cc(C(F)(F)F)cc(C(F)(F)F)c2)(c2cc(C(F)(F)F)cc(C(F)(F)F)c2)c2cc(C(F)(F)F)cc(C(F)(F)F)c2)cc(C(F)(F)F)c1.O=C(C[n+]1c(CO)ccc2ccccc21)c1ccccc1. The predicted molar refractivity (Wildman–Crippen MR) is 231 cm³/mol. The van der Waals surface area contributed by atoms with Crippen molar-refractivity contribution in [2.45, 2.75) is 62.6 Å². The molecular formula is C50H28BF24NO2. The third kappa shape index (κ3) is 13.2. The summed E-state index contributed by atoms with van der Waals surface area (Å²) in [5, 5.41) is 10.6. The largest absolute Gasteiger partial charge is 0.416 e. The first-order chi connectivity index (χ1) is 35.6. The Kier molecular flexibility index (Phi) is 16.0. The zero-order chi connectivity index (χ0) is 58.6. The molecule has 1 N–H and O–H groups in total. The third-order valence-corrected chi connectivity index (χ3v) is 12.0. The summed E-state index contributed by atoms with van der Waals surface area (Å²) in [6.07, 6.45) is -54.8. The monoisotopic (exact) mass is 1140 g/mol. The third-order valence-electron chi connectivity index (χ3n) is 12.0. The van der Waals surface area contributed by atoms with Crippen molar-refractivity contribution in [3.05, 3.63) is 195 Å². The van der Waals surface area contributed by atoms with Crippen LogP contribution in [0.1, 0.15) is 60.6 Å². The van der Waals surface area contributed by atoms with E-state index in [0.717, 1.165) is 16.6 Å². The summed E-state index contributed by atoms with van der Waals surface area (Å²) in [7, 11) is 0. The summed E-state index contributed by atoms with van der Waals surface area (Å²) in [4.78, 5) is 12.4. The molecule has 1 aromatic heterocycles. The van der Waals surface area contributed by atoms with Crippen molar-refractivity contribution >= 4 is 44.7 Å². The number of aliphatic hydroxyl groups excluding tert-OH is 1. The van der Waals surface area contributed by atoms with Crippen LogP contribution in [0.3, 0.4) is 0 Å². The molecule has 0 radical (unpaired) electrons. The summed E-state index contributed by atoms with van der Waals surface area (Å²) in [5.41, 5.74) is -27.8. The molecule has 0 saturated heterocycles. The van der Waals surface area contributed by atoms with Crippen molar-refractivity contribution in [2.75, 3.05) is 0 Å². The van der Waals surface area contributed by atoms with Crippen LogP contribution < -0.4 is 26.4 Å². The van der Waals surface area contributed by atoms with Gasteiger partial charge in [-0.2, -0.15) is 132 Å². The fourth-order valence-electron chi connectivity index (χ4n) is 8.56. The number of carbonyl (C=O) groups is 1. The Hall–Kier alpha value is -7.26. The number of Topliss-reactive ketones (excluding diaryl/α,β-unsaturated/α-hetero) is 1. The van der Waals surface area contributed by atoms with E-state index in [2.05, 4.69) is 0 Å². The van der Waals surface area contributed by atoms with Crippen LogP contribution in [-0.4, -0.2) is 17.0 Å². The molecule has 28 heteroatoms. The number of nitrogens with zero attached hydrogens (tertiary/aromatic N) is 1. The predicted octanol–water partition coefficient (Wildman–Crippen LogP) is 13.7. The Morgan fingerprint density at radius 2 is 0.628 bits per heavy atom. The molecule has 7 rings (SSSR count). The molecule has 0 unspecified atom stereocenters. The Balaban J connectivity index is 0.000000387. The minimum absolute atomic E-state index is 0.0339. The van der Waals surface area contributed by atoms with Crippen molar-refractivity contribution in [2.24, 2.45) is 0 Å². The molecular weight excluding hydrogens is 1110 g/mol. The van der Waals surface area contributed by atoms with Gasteiger partial charge in [-0.1, -0.05) is 91.0 Å². The maximum atomic E-state index is 14.2. The highest BCUT2D eigenvalue weighted by molar-refractivity contribution is 7.20. The number of alkyl halides is 24. The topological polar surface area (TPSA) is 41.2 Å². The number of hydrogen-bond donors (Lipinski definition) is 1. The first kappa shape index (κ1) is 60.0. The molecule has 0 aliphatic rings. The van der Waals surface area contributed by atoms with E-state index >= 15 is 0 Å². The first-order valence-corrected chi connectivity index (χ1v) is 21.5. The number of pyridine rings is 1. The van der Waals surface area contributed by atoms with Crippen LogP contribution in [0, 0.1) is 0 Å². The number of hydrogen-bond acceptors (Lipinski definition) is 2. The second-order valence-electron chi connectivity index (χ2n) is 17.1. The van der Waals surface area contributed by atoms with Crippen LogP contribution in [-0.2, 0) is 62.6 Å². The average Bonchev–Trinajstić information content (AvgIpc) is 3.37. The van der Waals surface area contributed by atoms with Crippen molar-refractivity contribution in [1.82, 2.24) is 0 Å². The Morgan fingerprint density at radius 1 is 0.359 bits per heavy atom. The van der Waals surface area contributed by atoms with E-state index in [1.807, 2.05) is 71.3 Å². The van der Waals surface area contributed by atoms with Crippen LogP contribution in [0.25, 0.3) is 10.9 Å². The second kappa shape index (κ2) is 20.8. The van der Waals surface area contributed by atoms with Gasteiger partial charge >= 0.3 is 49.4 Å². The molecule has 1 heterocycles. The summed E-state index contributed by atoms with van der Waals surface area (Å²) in [5.74, 6) is 0.0339. The minimum atomic E-state index is -6.13.